The summed E-state index contributed by atoms with van der Waals surface area (Å²) in [6.45, 7) is 9.58. The Hall–Kier alpha value is -3.26. The number of nitrogens with zero attached hydrogens (tertiary/aromatic N) is 5. The highest BCUT2D eigenvalue weighted by atomic mass is 16.3. The lowest BCUT2D eigenvalue weighted by molar-refractivity contribution is 0.0842. The van der Waals surface area contributed by atoms with Gasteiger partial charge in [0.1, 0.15) is 12.3 Å². The van der Waals surface area contributed by atoms with Gasteiger partial charge in [0.2, 0.25) is 0 Å². The third-order valence-electron chi connectivity index (χ3n) is 7.22. The number of aromatic nitrogens is 5. The Morgan fingerprint density at radius 2 is 2.00 bits per heavy atom. The maximum atomic E-state index is 13.2. The first-order valence-corrected chi connectivity index (χ1v) is 12.6. The summed E-state index contributed by atoms with van der Waals surface area (Å²) in [5, 5.41) is 13.9. The molecule has 1 fully saturated rings. The van der Waals surface area contributed by atoms with Crippen LogP contribution in [0.4, 0.5) is 0 Å². The highest BCUT2D eigenvalue weighted by Crippen LogP contribution is 2.36. The molecule has 0 aliphatic heterocycles. The number of rotatable bonds is 8. The first-order valence-electron chi connectivity index (χ1n) is 12.6. The standard InChI is InChI=1S/C27H34N6O2/c1-17(2)25(26-29-30-31-33(26)16-23-10-7-11-35-23)32(22-8-5-6-9-22)15-21-14-20-13-18(3)12-19(4)24(20)28-27(21)34/h7,10-14,17,22,25H,5-6,8-9,15-16H2,1-4H3,(H,28,34). The lowest BCUT2D eigenvalue weighted by atomic mass is 9.97. The summed E-state index contributed by atoms with van der Waals surface area (Å²) in [6.07, 6.45) is 6.31. The fourth-order valence-corrected chi connectivity index (χ4v) is 5.65. The molecule has 1 aliphatic rings. The van der Waals surface area contributed by atoms with Crippen LogP contribution in [0, 0.1) is 19.8 Å². The van der Waals surface area contributed by atoms with Crippen molar-refractivity contribution in [3.8, 4) is 0 Å². The Balaban J connectivity index is 1.55. The van der Waals surface area contributed by atoms with Gasteiger partial charge in [-0.15, -0.1) is 5.10 Å². The zero-order valence-corrected chi connectivity index (χ0v) is 21.0. The normalized spacial score (nSPS) is 15.6. The Bertz CT molecular complexity index is 1350. The van der Waals surface area contributed by atoms with Gasteiger partial charge < -0.3 is 9.40 Å². The van der Waals surface area contributed by atoms with Crippen LogP contribution in [-0.4, -0.2) is 36.1 Å². The van der Waals surface area contributed by atoms with Gasteiger partial charge >= 0.3 is 0 Å². The van der Waals surface area contributed by atoms with E-state index in [0.717, 1.165) is 46.5 Å². The van der Waals surface area contributed by atoms with Gasteiger partial charge in [0, 0.05) is 18.2 Å². The molecule has 1 aromatic carbocycles. The molecule has 8 nitrogen and oxygen atoms in total. The van der Waals surface area contributed by atoms with Gasteiger partial charge in [0.25, 0.3) is 5.56 Å². The number of benzene rings is 1. The molecule has 5 rings (SSSR count). The molecule has 0 spiro atoms. The van der Waals surface area contributed by atoms with Crippen LogP contribution in [0.3, 0.4) is 0 Å². The summed E-state index contributed by atoms with van der Waals surface area (Å²) in [6, 6.07) is 10.5. The summed E-state index contributed by atoms with van der Waals surface area (Å²) in [7, 11) is 0. The van der Waals surface area contributed by atoms with Gasteiger partial charge in [-0.05, 0) is 78.2 Å². The molecule has 8 heteroatoms. The molecule has 0 saturated heterocycles. The molecule has 1 saturated carbocycles. The molecule has 3 aromatic heterocycles. The molecule has 184 valence electrons. The maximum Gasteiger partial charge on any atom is 0.252 e. The Morgan fingerprint density at radius 1 is 1.20 bits per heavy atom. The second kappa shape index (κ2) is 9.77. The minimum atomic E-state index is -0.0302. The number of hydrogen-bond acceptors (Lipinski definition) is 6. The number of nitrogens with one attached hydrogen (secondary N) is 1. The Morgan fingerprint density at radius 3 is 2.71 bits per heavy atom. The highest BCUT2D eigenvalue weighted by Gasteiger charge is 2.35. The van der Waals surface area contributed by atoms with Gasteiger partial charge in [-0.1, -0.05) is 38.3 Å². The van der Waals surface area contributed by atoms with Gasteiger partial charge in [0.05, 0.1) is 17.8 Å². The molecule has 0 radical (unpaired) electrons. The second-order valence-corrected chi connectivity index (χ2v) is 10.2. The van der Waals surface area contributed by atoms with Crippen molar-refractivity contribution in [3.05, 3.63) is 75.2 Å². The summed E-state index contributed by atoms with van der Waals surface area (Å²) >= 11 is 0. The van der Waals surface area contributed by atoms with Crippen LogP contribution in [0.5, 0.6) is 0 Å². The molecular weight excluding hydrogens is 440 g/mol. The summed E-state index contributed by atoms with van der Waals surface area (Å²) < 4.78 is 7.39. The number of pyridine rings is 1. The number of aryl methyl sites for hydroxylation is 2. The summed E-state index contributed by atoms with van der Waals surface area (Å²) in [5.41, 5.74) is 3.96. The van der Waals surface area contributed by atoms with Crippen molar-refractivity contribution in [1.82, 2.24) is 30.1 Å². The zero-order chi connectivity index (χ0) is 24.5. The maximum absolute atomic E-state index is 13.2. The van der Waals surface area contributed by atoms with E-state index in [1.807, 2.05) is 23.7 Å². The summed E-state index contributed by atoms with van der Waals surface area (Å²) in [4.78, 5) is 18.9. The van der Waals surface area contributed by atoms with Crippen LogP contribution in [0.2, 0.25) is 0 Å². The molecule has 0 bridgehead atoms. The molecule has 3 heterocycles. The van der Waals surface area contributed by atoms with E-state index in [9.17, 15) is 4.79 Å². The van der Waals surface area contributed by atoms with E-state index < -0.39 is 0 Å². The van der Waals surface area contributed by atoms with Gasteiger partial charge in [-0.3, -0.25) is 9.69 Å². The predicted molar refractivity (Wildman–Crippen MR) is 135 cm³/mol. The van der Waals surface area contributed by atoms with Crippen LogP contribution < -0.4 is 5.56 Å². The van der Waals surface area contributed by atoms with Crippen LogP contribution in [0.1, 0.15) is 73.8 Å². The highest BCUT2D eigenvalue weighted by molar-refractivity contribution is 5.82. The number of tetrazole rings is 1. The van der Waals surface area contributed by atoms with Crippen molar-refractivity contribution in [2.45, 2.75) is 78.6 Å². The predicted octanol–water partition coefficient (Wildman–Crippen LogP) is 4.91. The van der Waals surface area contributed by atoms with E-state index in [2.05, 4.69) is 64.4 Å². The van der Waals surface area contributed by atoms with Crippen molar-refractivity contribution in [1.29, 1.82) is 0 Å². The van der Waals surface area contributed by atoms with E-state index in [4.69, 9.17) is 4.42 Å². The molecule has 4 aromatic rings. The SMILES string of the molecule is Cc1cc(C)c2[nH]c(=O)c(CN(C3CCCC3)C(c3nnnn3Cc3ccco3)C(C)C)cc2c1. The van der Waals surface area contributed by atoms with Crippen LogP contribution in [-0.2, 0) is 13.1 Å². The van der Waals surface area contributed by atoms with Crippen molar-refractivity contribution in [3.63, 3.8) is 0 Å². The molecular formula is C27H34N6O2. The molecule has 0 amide bonds. The number of H-pyrrole nitrogens is 1. The smallest absolute Gasteiger partial charge is 0.252 e. The first kappa shape index (κ1) is 23.5. The molecule has 35 heavy (non-hydrogen) atoms. The van der Waals surface area contributed by atoms with Gasteiger partial charge in [0.15, 0.2) is 5.82 Å². The lowest BCUT2D eigenvalue weighted by Gasteiger charge is -2.37. The summed E-state index contributed by atoms with van der Waals surface area (Å²) in [5.74, 6) is 1.87. The molecule has 1 atom stereocenters. The minimum Gasteiger partial charge on any atom is -0.467 e. The third-order valence-corrected chi connectivity index (χ3v) is 7.22. The van der Waals surface area contributed by atoms with Gasteiger partial charge in [-0.25, -0.2) is 4.68 Å². The number of furan rings is 1. The molecule has 1 unspecified atom stereocenters. The fraction of sp³-hybridized carbons (Fsp3) is 0.481. The van der Waals surface area contributed by atoms with Crippen LogP contribution in [0.25, 0.3) is 10.9 Å². The van der Waals surface area contributed by atoms with Crippen molar-refractivity contribution in [2.75, 3.05) is 0 Å². The number of fused-ring (bicyclic) bond motifs is 1. The second-order valence-electron chi connectivity index (χ2n) is 10.2. The topological polar surface area (TPSA) is 92.8 Å². The Kier molecular flexibility index (Phi) is 6.56. The van der Waals surface area contributed by atoms with Crippen LogP contribution >= 0.6 is 0 Å². The monoisotopic (exact) mass is 474 g/mol. The van der Waals surface area contributed by atoms with Crippen LogP contribution in [0.15, 0.2) is 45.8 Å². The van der Waals surface area contributed by atoms with E-state index in [-0.39, 0.29) is 17.5 Å². The van der Waals surface area contributed by atoms with E-state index in [1.54, 1.807) is 6.26 Å². The number of hydrogen-bond donors (Lipinski definition) is 1. The van der Waals surface area contributed by atoms with E-state index in [1.165, 1.54) is 18.4 Å². The van der Waals surface area contributed by atoms with Crippen molar-refractivity contribution in [2.24, 2.45) is 5.92 Å². The fourth-order valence-electron chi connectivity index (χ4n) is 5.65. The average molecular weight is 475 g/mol. The molecule has 1 N–H and O–H groups in total. The molecule has 1 aliphatic carbocycles. The first-order chi connectivity index (χ1) is 16.9. The van der Waals surface area contributed by atoms with Crippen molar-refractivity contribution < 1.29 is 4.42 Å². The minimum absolute atomic E-state index is 0.0230. The zero-order valence-electron chi connectivity index (χ0n) is 21.0. The van der Waals surface area contributed by atoms with Crippen molar-refractivity contribution >= 4 is 10.9 Å². The quantitative estimate of drug-likeness (QED) is 0.390. The lowest BCUT2D eigenvalue weighted by Crippen LogP contribution is -2.41. The third kappa shape index (κ3) is 4.80. The van der Waals surface area contributed by atoms with E-state index >= 15 is 0 Å². The largest absolute Gasteiger partial charge is 0.467 e. The van der Waals surface area contributed by atoms with E-state index in [0.29, 0.717) is 19.1 Å². The average Bonchev–Trinajstić information content (AvgIpc) is 3.58. The number of aromatic amines is 1. The Labute approximate surface area is 205 Å². The van der Waals surface area contributed by atoms with Gasteiger partial charge in [-0.2, -0.15) is 0 Å².